The highest BCUT2D eigenvalue weighted by Gasteiger charge is 2.21. The van der Waals surface area contributed by atoms with Crippen molar-refractivity contribution in [3.8, 4) is 5.75 Å². The molecule has 1 aliphatic rings. The maximum Gasteiger partial charge on any atom is 0.339 e. The van der Waals surface area contributed by atoms with E-state index in [0.29, 0.717) is 12.4 Å². The van der Waals surface area contributed by atoms with Gasteiger partial charge in [0.1, 0.15) is 11.3 Å². The lowest BCUT2D eigenvalue weighted by Gasteiger charge is -2.10. The van der Waals surface area contributed by atoms with Gasteiger partial charge in [0.05, 0.1) is 6.61 Å². The number of aromatic carboxylic acids is 1. The minimum atomic E-state index is -0.938. The quantitative estimate of drug-likeness (QED) is 0.886. The van der Waals surface area contributed by atoms with E-state index in [0.717, 1.165) is 23.1 Å². The van der Waals surface area contributed by atoms with Gasteiger partial charge in [-0.15, -0.1) is 0 Å². The van der Waals surface area contributed by atoms with E-state index in [1.807, 2.05) is 30.3 Å². The van der Waals surface area contributed by atoms with E-state index >= 15 is 0 Å². The van der Waals surface area contributed by atoms with Crippen molar-refractivity contribution in [3.63, 3.8) is 0 Å². The number of hydrogen-bond acceptors (Lipinski definition) is 2. The SMILES string of the molecule is O=C(O)c1cc2ccccc2cc1OCCC1CC1. The lowest BCUT2D eigenvalue weighted by atomic mass is 10.1. The molecule has 3 heteroatoms. The Morgan fingerprint density at radius 1 is 1.21 bits per heavy atom. The summed E-state index contributed by atoms with van der Waals surface area (Å²) in [7, 11) is 0. The minimum Gasteiger partial charge on any atom is -0.493 e. The van der Waals surface area contributed by atoms with E-state index in [1.54, 1.807) is 6.07 Å². The van der Waals surface area contributed by atoms with Crippen LogP contribution in [0.25, 0.3) is 10.8 Å². The Balaban J connectivity index is 1.89. The van der Waals surface area contributed by atoms with Gasteiger partial charge in [0.2, 0.25) is 0 Å². The fraction of sp³-hybridized carbons (Fsp3) is 0.312. The molecule has 19 heavy (non-hydrogen) atoms. The Morgan fingerprint density at radius 2 is 1.89 bits per heavy atom. The van der Waals surface area contributed by atoms with Crippen LogP contribution in [0.2, 0.25) is 0 Å². The van der Waals surface area contributed by atoms with Gasteiger partial charge in [-0.3, -0.25) is 0 Å². The summed E-state index contributed by atoms with van der Waals surface area (Å²) in [5, 5.41) is 11.2. The largest absolute Gasteiger partial charge is 0.493 e. The molecule has 0 atom stereocenters. The summed E-state index contributed by atoms with van der Waals surface area (Å²) in [5.74, 6) is 0.327. The van der Waals surface area contributed by atoms with E-state index < -0.39 is 5.97 Å². The Kier molecular flexibility index (Phi) is 3.11. The first kappa shape index (κ1) is 12.0. The third kappa shape index (κ3) is 2.70. The zero-order chi connectivity index (χ0) is 13.2. The van der Waals surface area contributed by atoms with E-state index in [-0.39, 0.29) is 5.56 Å². The molecule has 98 valence electrons. The fourth-order valence-electron chi connectivity index (χ4n) is 2.25. The van der Waals surface area contributed by atoms with Gasteiger partial charge in [0.15, 0.2) is 0 Å². The molecule has 1 N–H and O–H groups in total. The van der Waals surface area contributed by atoms with Gasteiger partial charge in [-0.2, -0.15) is 0 Å². The molecule has 0 saturated heterocycles. The van der Waals surface area contributed by atoms with Gasteiger partial charge in [-0.05, 0) is 35.2 Å². The molecular weight excluding hydrogens is 240 g/mol. The van der Waals surface area contributed by atoms with E-state index in [4.69, 9.17) is 4.74 Å². The molecule has 0 amide bonds. The standard InChI is InChI=1S/C16H16O3/c17-16(18)14-9-12-3-1-2-4-13(12)10-15(14)19-8-7-11-5-6-11/h1-4,9-11H,5-8H2,(H,17,18). The smallest absolute Gasteiger partial charge is 0.339 e. The van der Waals surface area contributed by atoms with Gasteiger partial charge < -0.3 is 9.84 Å². The lowest BCUT2D eigenvalue weighted by molar-refractivity contribution is 0.0692. The van der Waals surface area contributed by atoms with Crippen molar-refractivity contribution in [1.82, 2.24) is 0 Å². The van der Waals surface area contributed by atoms with Crippen molar-refractivity contribution in [2.24, 2.45) is 5.92 Å². The third-order valence-electron chi connectivity index (χ3n) is 3.56. The topological polar surface area (TPSA) is 46.5 Å². The van der Waals surface area contributed by atoms with Gasteiger partial charge in [0, 0.05) is 0 Å². The number of hydrogen-bond donors (Lipinski definition) is 1. The third-order valence-corrected chi connectivity index (χ3v) is 3.56. The van der Waals surface area contributed by atoms with Crippen LogP contribution in [-0.2, 0) is 0 Å². The monoisotopic (exact) mass is 256 g/mol. The summed E-state index contributed by atoms with van der Waals surface area (Å²) in [6.45, 7) is 0.600. The number of carboxylic acid groups (broad SMARTS) is 1. The first-order valence-electron chi connectivity index (χ1n) is 6.63. The molecular formula is C16H16O3. The van der Waals surface area contributed by atoms with Crippen LogP contribution in [0.4, 0.5) is 0 Å². The molecule has 3 rings (SSSR count). The van der Waals surface area contributed by atoms with Gasteiger partial charge in [0.25, 0.3) is 0 Å². The molecule has 2 aromatic carbocycles. The number of carboxylic acids is 1. The highest BCUT2D eigenvalue weighted by Crippen LogP contribution is 2.33. The van der Waals surface area contributed by atoms with Crippen LogP contribution in [0.3, 0.4) is 0 Å². The Morgan fingerprint density at radius 3 is 2.53 bits per heavy atom. The predicted molar refractivity (Wildman–Crippen MR) is 73.7 cm³/mol. The second-order valence-corrected chi connectivity index (χ2v) is 5.08. The maximum atomic E-state index is 11.3. The Labute approximate surface area is 111 Å². The van der Waals surface area contributed by atoms with E-state index in [1.165, 1.54) is 12.8 Å². The molecule has 2 aromatic rings. The van der Waals surface area contributed by atoms with Gasteiger partial charge in [-0.1, -0.05) is 37.1 Å². The zero-order valence-corrected chi connectivity index (χ0v) is 10.6. The molecule has 0 radical (unpaired) electrons. The Hall–Kier alpha value is -2.03. The molecule has 0 bridgehead atoms. The summed E-state index contributed by atoms with van der Waals surface area (Å²) < 4.78 is 5.68. The molecule has 1 fully saturated rings. The molecule has 3 nitrogen and oxygen atoms in total. The van der Waals surface area contributed by atoms with Crippen molar-refractivity contribution in [2.75, 3.05) is 6.61 Å². The number of rotatable bonds is 5. The summed E-state index contributed by atoms with van der Waals surface area (Å²) in [6, 6.07) is 11.2. The normalized spacial score (nSPS) is 14.5. The molecule has 0 aromatic heterocycles. The van der Waals surface area contributed by atoms with Crippen LogP contribution < -0.4 is 4.74 Å². The second kappa shape index (κ2) is 4.92. The molecule has 1 saturated carbocycles. The summed E-state index contributed by atoms with van der Waals surface area (Å²) in [6.07, 6.45) is 3.59. The minimum absolute atomic E-state index is 0.245. The number of benzene rings is 2. The number of fused-ring (bicyclic) bond motifs is 1. The van der Waals surface area contributed by atoms with Crippen LogP contribution >= 0.6 is 0 Å². The second-order valence-electron chi connectivity index (χ2n) is 5.08. The van der Waals surface area contributed by atoms with Crippen LogP contribution in [0.15, 0.2) is 36.4 Å². The van der Waals surface area contributed by atoms with Crippen molar-refractivity contribution >= 4 is 16.7 Å². The highest BCUT2D eigenvalue weighted by atomic mass is 16.5. The molecule has 1 aliphatic carbocycles. The number of ether oxygens (including phenoxy) is 1. The van der Waals surface area contributed by atoms with Crippen molar-refractivity contribution in [2.45, 2.75) is 19.3 Å². The number of carbonyl (C=O) groups is 1. The average Bonchev–Trinajstić information content (AvgIpc) is 3.22. The molecule has 0 heterocycles. The summed E-state index contributed by atoms with van der Waals surface area (Å²) in [5.41, 5.74) is 0.245. The first-order valence-corrected chi connectivity index (χ1v) is 6.63. The fourth-order valence-corrected chi connectivity index (χ4v) is 2.25. The van der Waals surface area contributed by atoms with Crippen LogP contribution in [0, 0.1) is 5.92 Å². The molecule has 0 spiro atoms. The van der Waals surface area contributed by atoms with E-state index in [2.05, 4.69) is 0 Å². The van der Waals surface area contributed by atoms with Crippen molar-refractivity contribution < 1.29 is 14.6 Å². The summed E-state index contributed by atoms with van der Waals surface area (Å²) >= 11 is 0. The van der Waals surface area contributed by atoms with Crippen molar-refractivity contribution in [1.29, 1.82) is 0 Å². The highest BCUT2D eigenvalue weighted by molar-refractivity contribution is 5.97. The van der Waals surface area contributed by atoms with Crippen LogP contribution in [0.5, 0.6) is 5.75 Å². The van der Waals surface area contributed by atoms with E-state index in [9.17, 15) is 9.90 Å². The zero-order valence-electron chi connectivity index (χ0n) is 10.6. The average molecular weight is 256 g/mol. The molecule has 0 unspecified atom stereocenters. The van der Waals surface area contributed by atoms with Gasteiger partial charge in [-0.25, -0.2) is 4.79 Å². The van der Waals surface area contributed by atoms with Gasteiger partial charge >= 0.3 is 5.97 Å². The lowest BCUT2D eigenvalue weighted by Crippen LogP contribution is -2.05. The Bertz CT molecular complexity index is 614. The van der Waals surface area contributed by atoms with Crippen LogP contribution in [0.1, 0.15) is 29.6 Å². The van der Waals surface area contributed by atoms with Crippen LogP contribution in [-0.4, -0.2) is 17.7 Å². The predicted octanol–water partition coefficient (Wildman–Crippen LogP) is 3.72. The maximum absolute atomic E-state index is 11.3. The first-order chi connectivity index (χ1) is 9.24. The van der Waals surface area contributed by atoms with Crippen molar-refractivity contribution in [3.05, 3.63) is 42.0 Å². The molecule has 0 aliphatic heterocycles. The summed E-state index contributed by atoms with van der Waals surface area (Å²) in [4.78, 5) is 11.3.